The predicted molar refractivity (Wildman–Crippen MR) is 108 cm³/mol. The van der Waals surface area contributed by atoms with E-state index < -0.39 is 6.10 Å². The minimum Gasteiger partial charge on any atom is -0.492 e. The zero-order chi connectivity index (χ0) is 19.1. The smallest absolute Gasteiger partial charge is 0.261 e. The summed E-state index contributed by atoms with van der Waals surface area (Å²) in [5.41, 5.74) is 1.02. The van der Waals surface area contributed by atoms with Crippen molar-refractivity contribution >= 4 is 16.7 Å². The number of para-hydroxylation sites is 1. The molecular weight excluding hydrogens is 338 g/mol. The van der Waals surface area contributed by atoms with Crippen molar-refractivity contribution in [2.75, 3.05) is 13.2 Å². The van der Waals surface area contributed by atoms with Crippen molar-refractivity contribution in [1.82, 2.24) is 5.32 Å². The van der Waals surface area contributed by atoms with Gasteiger partial charge in [-0.2, -0.15) is 0 Å². The fourth-order valence-corrected chi connectivity index (χ4v) is 2.88. The number of aryl methyl sites for hydroxylation is 1. The average Bonchev–Trinajstić information content (AvgIpc) is 2.70. The van der Waals surface area contributed by atoms with Crippen LogP contribution in [0.25, 0.3) is 10.8 Å². The molecule has 0 radical (unpaired) electrons. The highest BCUT2D eigenvalue weighted by molar-refractivity contribution is 5.83. The Morgan fingerprint density at radius 2 is 1.74 bits per heavy atom. The third-order valence-corrected chi connectivity index (χ3v) is 4.42. The van der Waals surface area contributed by atoms with E-state index >= 15 is 0 Å². The van der Waals surface area contributed by atoms with Crippen LogP contribution in [0.2, 0.25) is 0 Å². The maximum Gasteiger partial charge on any atom is 0.261 e. The predicted octanol–water partition coefficient (Wildman–Crippen LogP) is 4.50. The molecule has 0 heterocycles. The summed E-state index contributed by atoms with van der Waals surface area (Å²) in [5, 5.41) is 5.21. The Bertz CT molecular complexity index is 907. The van der Waals surface area contributed by atoms with Crippen molar-refractivity contribution in [3.8, 4) is 11.5 Å². The van der Waals surface area contributed by atoms with Crippen molar-refractivity contribution in [1.29, 1.82) is 0 Å². The third-order valence-electron chi connectivity index (χ3n) is 4.42. The van der Waals surface area contributed by atoms with E-state index in [0.29, 0.717) is 19.6 Å². The molecule has 4 nitrogen and oxygen atoms in total. The van der Waals surface area contributed by atoms with Gasteiger partial charge in [-0.1, -0.05) is 55.5 Å². The van der Waals surface area contributed by atoms with Gasteiger partial charge in [0.05, 0.1) is 6.54 Å². The molecular formula is C23H25NO3. The van der Waals surface area contributed by atoms with Gasteiger partial charge in [-0.3, -0.25) is 4.79 Å². The van der Waals surface area contributed by atoms with E-state index in [4.69, 9.17) is 9.47 Å². The Balaban J connectivity index is 1.48. The fraction of sp³-hybridized carbons (Fsp3) is 0.261. The summed E-state index contributed by atoms with van der Waals surface area (Å²) in [6.45, 7) is 4.75. The summed E-state index contributed by atoms with van der Waals surface area (Å²) >= 11 is 0. The van der Waals surface area contributed by atoms with Crippen LogP contribution in [0.4, 0.5) is 0 Å². The quantitative estimate of drug-likeness (QED) is 0.600. The molecule has 0 saturated carbocycles. The van der Waals surface area contributed by atoms with Crippen LogP contribution in [0.3, 0.4) is 0 Å². The molecule has 0 spiro atoms. The van der Waals surface area contributed by atoms with Gasteiger partial charge >= 0.3 is 0 Å². The number of fused-ring (bicyclic) bond motifs is 1. The summed E-state index contributed by atoms with van der Waals surface area (Å²) in [6, 6.07) is 21.8. The van der Waals surface area contributed by atoms with Gasteiger partial charge in [-0.05, 0) is 47.9 Å². The Morgan fingerprint density at radius 3 is 2.52 bits per heavy atom. The number of hydrogen-bond acceptors (Lipinski definition) is 3. The molecule has 3 rings (SSSR count). The van der Waals surface area contributed by atoms with Crippen LogP contribution in [-0.2, 0) is 4.79 Å². The van der Waals surface area contributed by atoms with Crippen LogP contribution in [-0.4, -0.2) is 25.2 Å². The summed E-state index contributed by atoms with van der Waals surface area (Å²) in [7, 11) is 0. The molecule has 0 unspecified atom stereocenters. The Morgan fingerprint density at radius 1 is 1.00 bits per heavy atom. The van der Waals surface area contributed by atoms with Crippen LogP contribution in [0.15, 0.2) is 66.7 Å². The summed E-state index contributed by atoms with van der Waals surface area (Å²) < 4.78 is 11.6. The largest absolute Gasteiger partial charge is 0.492 e. The van der Waals surface area contributed by atoms with Crippen molar-refractivity contribution in [2.24, 2.45) is 0 Å². The molecule has 0 fully saturated rings. The summed E-state index contributed by atoms with van der Waals surface area (Å²) in [5.74, 6) is 1.42. The van der Waals surface area contributed by atoms with Crippen molar-refractivity contribution < 1.29 is 14.3 Å². The highest BCUT2D eigenvalue weighted by Gasteiger charge is 2.18. The van der Waals surface area contributed by atoms with Gasteiger partial charge in [0.1, 0.15) is 18.1 Å². The molecule has 0 bridgehead atoms. The van der Waals surface area contributed by atoms with Gasteiger partial charge in [0, 0.05) is 0 Å². The van der Waals surface area contributed by atoms with E-state index in [-0.39, 0.29) is 5.91 Å². The lowest BCUT2D eigenvalue weighted by Gasteiger charge is -2.18. The molecule has 0 aliphatic carbocycles. The second-order valence-corrected chi connectivity index (χ2v) is 6.43. The normalized spacial score (nSPS) is 11.8. The molecule has 1 N–H and O–H groups in total. The van der Waals surface area contributed by atoms with E-state index in [0.717, 1.165) is 22.4 Å². The topological polar surface area (TPSA) is 47.6 Å². The maximum atomic E-state index is 12.4. The summed E-state index contributed by atoms with van der Waals surface area (Å²) in [6.07, 6.45) is 0.0953. The molecule has 3 aromatic carbocycles. The number of ether oxygens (including phenoxy) is 2. The Hall–Kier alpha value is -3.01. The van der Waals surface area contributed by atoms with Crippen LogP contribution in [0.5, 0.6) is 11.5 Å². The highest BCUT2D eigenvalue weighted by Crippen LogP contribution is 2.20. The second-order valence-electron chi connectivity index (χ2n) is 6.43. The lowest BCUT2D eigenvalue weighted by atomic mass is 10.1. The Kier molecular flexibility index (Phi) is 6.31. The summed E-state index contributed by atoms with van der Waals surface area (Å²) in [4.78, 5) is 12.4. The van der Waals surface area contributed by atoms with E-state index in [2.05, 4.69) is 17.4 Å². The number of carbonyl (C=O) groups is 1. The van der Waals surface area contributed by atoms with Crippen molar-refractivity contribution in [3.05, 3.63) is 72.3 Å². The van der Waals surface area contributed by atoms with Gasteiger partial charge in [0.15, 0.2) is 6.10 Å². The lowest BCUT2D eigenvalue weighted by molar-refractivity contribution is -0.128. The molecule has 0 aliphatic rings. The number of amides is 1. The number of hydrogen-bond donors (Lipinski definition) is 1. The maximum absolute atomic E-state index is 12.4. The van der Waals surface area contributed by atoms with Crippen molar-refractivity contribution in [2.45, 2.75) is 26.4 Å². The number of nitrogens with one attached hydrogen (secondary N) is 1. The van der Waals surface area contributed by atoms with Crippen molar-refractivity contribution in [3.63, 3.8) is 0 Å². The standard InChI is InChI=1S/C23H25NO3/c1-3-21(27-22-11-7-4-8-17(22)2)23(25)24-14-15-26-20-13-12-18-9-5-6-10-19(18)16-20/h4-13,16,21H,3,14-15H2,1-2H3,(H,24,25)/t21-/m0/s1. The number of benzene rings is 3. The van der Waals surface area contributed by atoms with Crippen LogP contribution in [0.1, 0.15) is 18.9 Å². The van der Waals surface area contributed by atoms with Gasteiger partial charge in [-0.15, -0.1) is 0 Å². The molecule has 27 heavy (non-hydrogen) atoms. The van der Waals surface area contributed by atoms with Crippen LogP contribution in [0, 0.1) is 6.92 Å². The zero-order valence-corrected chi connectivity index (χ0v) is 15.8. The van der Waals surface area contributed by atoms with Crippen LogP contribution < -0.4 is 14.8 Å². The van der Waals surface area contributed by atoms with Crippen LogP contribution >= 0.6 is 0 Å². The third kappa shape index (κ3) is 5.00. The first-order valence-electron chi connectivity index (χ1n) is 9.29. The molecule has 1 amide bonds. The fourth-order valence-electron chi connectivity index (χ4n) is 2.88. The number of carbonyl (C=O) groups excluding carboxylic acids is 1. The number of rotatable bonds is 8. The second kappa shape index (κ2) is 9.08. The van der Waals surface area contributed by atoms with E-state index in [1.54, 1.807) is 0 Å². The molecule has 0 aliphatic heterocycles. The minimum atomic E-state index is -0.508. The first-order valence-corrected chi connectivity index (χ1v) is 9.29. The first-order chi connectivity index (χ1) is 13.2. The monoisotopic (exact) mass is 363 g/mol. The minimum absolute atomic E-state index is 0.122. The SMILES string of the molecule is CC[C@H](Oc1ccccc1C)C(=O)NCCOc1ccc2ccccc2c1. The molecule has 4 heteroatoms. The van der Waals surface area contributed by atoms with Gasteiger partial charge in [-0.25, -0.2) is 0 Å². The average molecular weight is 363 g/mol. The molecule has 0 saturated heterocycles. The van der Waals surface area contributed by atoms with E-state index in [1.807, 2.05) is 68.4 Å². The highest BCUT2D eigenvalue weighted by atomic mass is 16.5. The van der Waals surface area contributed by atoms with Gasteiger partial charge in [0.2, 0.25) is 0 Å². The van der Waals surface area contributed by atoms with Gasteiger partial charge < -0.3 is 14.8 Å². The zero-order valence-electron chi connectivity index (χ0n) is 15.8. The lowest BCUT2D eigenvalue weighted by Crippen LogP contribution is -2.39. The first kappa shape index (κ1) is 18.8. The molecule has 0 aromatic heterocycles. The van der Waals surface area contributed by atoms with E-state index in [9.17, 15) is 4.79 Å². The molecule has 1 atom stereocenters. The molecule has 3 aromatic rings. The van der Waals surface area contributed by atoms with E-state index in [1.165, 1.54) is 5.39 Å². The van der Waals surface area contributed by atoms with Gasteiger partial charge in [0.25, 0.3) is 5.91 Å². The molecule has 140 valence electrons. The Labute approximate surface area is 160 Å².